The van der Waals surface area contributed by atoms with Gasteiger partial charge in [0, 0.05) is 9.61 Å². The van der Waals surface area contributed by atoms with Crippen LogP contribution in [0.15, 0.2) is 18.2 Å². The molecule has 0 spiro atoms. The van der Waals surface area contributed by atoms with E-state index in [9.17, 15) is 0 Å². The Labute approximate surface area is 103 Å². The molecule has 0 amide bonds. The van der Waals surface area contributed by atoms with Crippen molar-refractivity contribution in [2.24, 2.45) is 11.7 Å². The molecule has 0 saturated heterocycles. The minimum atomic E-state index is 0.179. The Hall–Kier alpha value is 0.200. The van der Waals surface area contributed by atoms with Gasteiger partial charge in [-0.2, -0.15) is 0 Å². The van der Waals surface area contributed by atoms with E-state index in [1.54, 1.807) is 0 Å². The molecule has 0 heterocycles. The van der Waals surface area contributed by atoms with Crippen molar-refractivity contribution < 1.29 is 0 Å². The van der Waals surface area contributed by atoms with Crippen LogP contribution in [0.1, 0.15) is 30.9 Å². The van der Waals surface area contributed by atoms with Crippen LogP contribution >= 0.6 is 34.2 Å². The lowest BCUT2D eigenvalue weighted by molar-refractivity contribution is 0.264. The smallest absolute Gasteiger partial charge is 0.0542 e. The topological polar surface area (TPSA) is 26.0 Å². The minimum Gasteiger partial charge on any atom is -0.324 e. The number of halogens is 2. The summed E-state index contributed by atoms with van der Waals surface area (Å²) in [4.78, 5) is 0. The third kappa shape index (κ3) is 2.07. The summed E-state index contributed by atoms with van der Waals surface area (Å²) in [7, 11) is 0. The zero-order valence-electron chi connectivity index (χ0n) is 7.84. The highest BCUT2D eigenvalue weighted by molar-refractivity contribution is 14.1. The van der Waals surface area contributed by atoms with Crippen molar-refractivity contribution in [3.63, 3.8) is 0 Å². The first kappa shape index (κ1) is 10.7. The van der Waals surface area contributed by atoms with Gasteiger partial charge in [-0.1, -0.05) is 24.1 Å². The lowest BCUT2D eigenvalue weighted by Crippen LogP contribution is -2.26. The number of nitrogens with two attached hydrogens (primary N) is 1. The Balaban J connectivity index is 2.18. The first-order chi connectivity index (χ1) is 6.68. The molecule has 1 saturated carbocycles. The average Bonchev–Trinajstić information content (AvgIpc) is 2.06. The summed E-state index contributed by atoms with van der Waals surface area (Å²) in [5.41, 5.74) is 7.34. The largest absolute Gasteiger partial charge is 0.324 e. The van der Waals surface area contributed by atoms with Gasteiger partial charge < -0.3 is 5.73 Å². The van der Waals surface area contributed by atoms with Crippen LogP contribution in [0.4, 0.5) is 0 Å². The second-order valence-electron chi connectivity index (χ2n) is 3.89. The van der Waals surface area contributed by atoms with E-state index in [-0.39, 0.29) is 6.04 Å². The fourth-order valence-corrected chi connectivity index (χ4v) is 2.32. The van der Waals surface area contributed by atoms with Crippen LogP contribution < -0.4 is 5.73 Å². The van der Waals surface area contributed by atoms with Gasteiger partial charge in [0.2, 0.25) is 0 Å². The summed E-state index contributed by atoms with van der Waals surface area (Å²) in [5.74, 6) is 0.672. The van der Waals surface area contributed by atoms with Gasteiger partial charge in [-0.3, -0.25) is 0 Å². The van der Waals surface area contributed by atoms with Gasteiger partial charge in [0.1, 0.15) is 0 Å². The fraction of sp³-hybridized carbons (Fsp3) is 0.455. The number of rotatable bonds is 2. The van der Waals surface area contributed by atoms with Crippen molar-refractivity contribution >= 4 is 34.2 Å². The highest BCUT2D eigenvalue weighted by Gasteiger charge is 2.25. The van der Waals surface area contributed by atoms with Crippen molar-refractivity contribution in [1.82, 2.24) is 0 Å². The molecule has 1 atom stereocenters. The van der Waals surface area contributed by atoms with Crippen LogP contribution in [0, 0.1) is 9.49 Å². The highest BCUT2D eigenvalue weighted by atomic mass is 127. The molecule has 1 unspecified atom stereocenters. The molecule has 3 heteroatoms. The molecule has 2 rings (SSSR count). The second-order valence-corrected chi connectivity index (χ2v) is 5.46. The molecule has 1 nitrogen and oxygen atoms in total. The van der Waals surface area contributed by atoms with Gasteiger partial charge in [-0.15, -0.1) is 0 Å². The Bertz CT molecular complexity index is 336. The normalized spacial score (nSPS) is 19.1. The van der Waals surface area contributed by atoms with Crippen molar-refractivity contribution in [2.75, 3.05) is 0 Å². The number of hydrogen-bond acceptors (Lipinski definition) is 1. The summed E-state index contributed by atoms with van der Waals surface area (Å²) in [5, 5.41) is 0.817. The Morgan fingerprint density at radius 1 is 1.43 bits per heavy atom. The van der Waals surface area contributed by atoms with Gasteiger partial charge in [0.25, 0.3) is 0 Å². The molecule has 1 aliphatic carbocycles. The summed E-state index contributed by atoms with van der Waals surface area (Å²) >= 11 is 8.29. The SMILES string of the molecule is NC(c1ccc(I)c(Cl)c1)C1CCC1. The molecule has 2 N–H and O–H groups in total. The molecule has 0 radical (unpaired) electrons. The minimum absolute atomic E-state index is 0.179. The molecule has 76 valence electrons. The van der Waals surface area contributed by atoms with Crippen LogP contribution in [0.25, 0.3) is 0 Å². The molecule has 1 aliphatic rings. The maximum atomic E-state index is 6.16. The van der Waals surface area contributed by atoms with E-state index in [1.807, 2.05) is 12.1 Å². The predicted molar refractivity (Wildman–Crippen MR) is 68.4 cm³/mol. The zero-order chi connectivity index (χ0) is 10.1. The molecule has 1 aromatic carbocycles. The van der Waals surface area contributed by atoms with E-state index in [1.165, 1.54) is 24.8 Å². The Kier molecular flexibility index (Phi) is 3.34. The van der Waals surface area contributed by atoms with Crippen LogP contribution in [-0.4, -0.2) is 0 Å². The van der Waals surface area contributed by atoms with E-state index < -0.39 is 0 Å². The molecule has 0 aliphatic heterocycles. The zero-order valence-corrected chi connectivity index (χ0v) is 10.8. The monoisotopic (exact) mass is 321 g/mol. The van der Waals surface area contributed by atoms with E-state index in [0.717, 1.165) is 8.59 Å². The Morgan fingerprint density at radius 3 is 2.64 bits per heavy atom. The maximum Gasteiger partial charge on any atom is 0.0542 e. The van der Waals surface area contributed by atoms with Gasteiger partial charge in [-0.05, 0) is 59.0 Å². The number of benzene rings is 1. The van der Waals surface area contributed by atoms with Gasteiger partial charge >= 0.3 is 0 Å². The predicted octanol–water partition coefficient (Wildman–Crippen LogP) is 3.74. The molecule has 0 bridgehead atoms. The third-order valence-electron chi connectivity index (χ3n) is 2.99. The van der Waals surface area contributed by atoms with Crippen LogP contribution in [0.5, 0.6) is 0 Å². The van der Waals surface area contributed by atoms with Crippen molar-refractivity contribution in [2.45, 2.75) is 25.3 Å². The third-order valence-corrected chi connectivity index (χ3v) is 4.56. The molecule has 1 aromatic rings. The quantitative estimate of drug-likeness (QED) is 0.825. The standard InChI is InChI=1S/C11H13ClIN/c12-9-6-8(4-5-10(9)13)11(14)7-2-1-3-7/h4-7,11H,1-3,14H2. The highest BCUT2D eigenvalue weighted by Crippen LogP contribution is 2.37. The van der Waals surface area contributed by atoms with E-state index in [4.69, 9.17) is 17.3 Å². The Morgan fingerprint density at radius 2 is 2.14 bits per heavy atom. The van der Waals surface area contributed by atoms with Gasteiger partial charge in [0.15, 0.2) is 0 Å². The van der Waals surface area contributed by atoms with E-state index in [2.05, 4.69) is 28.7 Å². The summed E-state index contributed by atoms with van der Waals surface area (Å²) < 4.78 is 1.09. The molecular formula is C11H13ClIN. The summed E-state index contributed by atoms with van der Waals surface area (Å²) in [6.45, 7) is 0. The maximum absolute atomic E-state index is 6.16. The van der Waals surface area contributed by atoms with E-state index in [0.29, 0.717) is 5.92 Å². The van der Waals surface area contributed by atoms with Gasteiger partial charge in [-0.25, -0.2) is 0 Å². The van der Waals surface area contributed by atoms with Crippen molar-refractivity contribution in [1.29, 1.82) is 0 Å². The molecule has 14 heavy (non-hydrogen) atoms. The number of hydrogen-bond donors (Lipinski definition) is 1. The first-order valence-corrected chi connectivity index (χ1v) is 6.34. The van der Waals surface area contributed by atoms with Crippen LogP contribution in [0.3, 0.4) is 0 Å². The molecular weight excluding hydrogens is 308 g/mol. The first-order valence-electron chi connectivity index (χ1n) is 4.89. The summed E-state index contributed by atoms with van der Waals surface area (Å²) in [6, 6.07) is 6.32. The average molecular weight is 322 g/mol. The molecule has 1 fully saturated rings. The summed E-state index contributed by atoms with van der Waals surface area (Å²) in [6.07, 6.45) is 3.87. The fourth-order valence-electron chi connectivity index (χ4n) is 1.79. The van der Waals surface area contributed by atoms with Crippen LogP contribution in [-0.2, 0) is 0 Å². The lowest BCUT2D eigenvalue weighted by atomic mass is 9.78. The van der Waals surface area contributed by atoms with Crippen molar-refractivity contribution in [3.8, 4) is 0 Å². The lowest BCUT2D eigenvalue weighted by Gasteiger charge is -2.31. The van der Waals surface area contributed by atoms with Crippen LogP contribution in [0.2, 0.25) is 5.02 Å². The van der Waals surface area contributed by atoms with Crippen molar-refractivity contribution in [3.05, 3.63) is 32.4 Å². The molecule has 0 aromatic heterocycles. The van der Waals surface area contributed by atoms with E-state index >= 15 is 0 Å². The second kappa shape index (κ2) is 4.37. The van der Waals surface area contributed by atoms with Gasteiger partial charge in [0.05, 0.1) is 5.02 Å².